The van der Waals surface area contributed by atoms with E-state index in [4.69, 9.17) is 0 Å². The molecule has 3 aromatic rings. The van der Waals surface area contributed by atoms with Crippen molar-refractivity contribution in [2.45, 2.75) is 32.5 Å². The number of hydrogen-bond acceptors (Lipinski definition) is 4. The summed E-state index contributed by atoms with van der Waals surface area (Å²) in [5, 5.41) is 16.9. The zero-order valence-electron chi connectivity index (χ0n) is 17.4. The summed E-state index contributed by atoms with van der Waals surface area (Å²) in [5.41, 5.74) is 5.65. The molecule has 6 heteroatoms. The Morgan fingerprint density at radius 1 is 1.07 bits per heavy atom. The summed E-state index contributed by atoms with van der Waals surface area (Å²) in [6, 6.07) is 15.3. The molecule has 2 N–H and O–H groups in total. The Labute approximate surface area is 177 Å². The normalized spacial score (nSPS) is 18.0. The Morgan fingerprint density at radius 2 is 1.87 bits per heavy atom. The van der Waals surface area contributed by atoms with Gasteiger partial charge in [0.1, 0.15) is 5.82 Å². The molecule has 30 heavy (non-hydrogen) atoms. The van der Waals surface area contributed by atoms with Crippen LogP contribution in [0.3, 0.4) is 0 Å². The number of piperazine rings is 1. The summed E-state index contributed by atoms with van der Waals surface area (Å²) in [5.74, 6) is -0.239. The number of rotatable bonds is 7. The van der Waals surface area contributed by atoms with Gasteiger partial charge in [0.2, 0.25) is 0 Å². The first-order valence-corrected chi connectivity index (χ1v) is 10.5. The Morgan fingerprint density at radius 3 is 2.63 bits per heavy atom. The number of aromatic nitrogens is 2. The van der Waals surface area contributed by atoms with Crippen molar-refractivity contribution in [1.82, 2.24) is 20.0 Å². The summed E-state index contributed by atoms with van der Waals surface area (Å²) in [6.45, 7) is 6.87. The average molecular weight is 409 g/mol. The van der Waals surface area contributed by atoms with E-state index in [0.717, 1.165) is 56.0 Å². The fraction of sp³-hybridized carbons (Fsp3) is 0.375. The van der Waals surface area contributed by atoms with Crippen LogP contribution in [0, 0.1) is 12.7 Å². The number of halogens is 1. The maximum atomic E-state index is 13.3. The van der Waals surface area contributed by atoms with Crippen molar-refractivity contribution in [1.29, 1.82) is 0 Å². The molecule has 0 spiro atoms. The molecule has 1 saturated heterocycles. The van der Waals surface area contributed by atoms with E-state index < -0.39 is 0 Å². The molecule has 1 fully saturated rings. The third-order valence-corrected chi connectivity index (χ3v) is 6.03. The standard InChI is InChI=1S/C24H29FN4O/c1-18-4-2-3-5-20(18)16-29-12-11-28(17-23(29)10-13-30)15-21-14-26-27-24(21)19-6-8-22(25)9-7-19/h2-9,14,23,30H,10-13,15-17H2,1H3,(H,26,27). The average Bonchev–Trinajstić information content (AvgIpc) is 3.20. The third kappa shape index (κ3) is 4.78. The van der Waals surface area contributed by atoms with E-state index in [2.05, 4.69) is 51.2 Å². The molecule has 1 aromatic heterocycles. The van der Waals surface area contributed by atoms with Crippen molar-refractivity contribution in [3.63, 3.8) is 0 Å². The minimum absolute atomic E-state index is 0.190. The number of benzene rings is 2. The quantitative estimate of drug-likeness (QED) is 0.627. The van der Waals surface area contributed by atoms with Crippen molar-refractivity contribution in [2.24, 2.45) is 0 Å². The Balaban J connectivity index is 1.44. The van der Waals surface area contributed by atoms with Gasteiger partial charge in [-0.05, 0) is 48.7 Å². The zero-order chi connectivity index (χ0) is 20.9. The fourth-order valence-electron chi connectivity index (χ4n) is 4.28. The van der Waals surface area contributed by atoms with Gasteiger partial charge in [0.05, 0.1) is 11.9 Å². The molecule has 1 aliphatic rings. The van der Waals surface area contributed by atoms with Crippen molar-refractivity contribution in [3.05, 3.63) is 77.2 Å². The second-order valence-electron chi connectivity index (χ2n) is 8.08. The molecule has 5 nitrogen and oxygen atoms in total. The van der Waals surface area contributed by atoms with Gasteiger partial charge in [-0.2, -0.15) is 5.10 Å². The first-order valence-electron chi connectivity index (χ1n) is 10.5. The third-order valence-electron chi connectivity index (χ3n) is 6.03. The van der Waals surface area contributed by atoms with Crippen LogP contribution in [0.1, 0.15) is 23.1 Å². The van der Waals surface area contributed by atoms with Gasteiger partial charge in [0, 0.05) is 56.5 Å². The van der Waals surface area contributed by atoms with E-state index in [-0.39, 0.29) is 12.4 Å². The molecule has 2 heterocycles. The molecular weight excluding hydrogens is 379 g/mol. The van der Waals surface area contributed by atoms with Crippen molar-refractivity contribution in [3.8, 4) is 11.3 Å². The Hall–Kier alpha value is -2.54. The number of hydrogen-bond donors (Lipinski definition) is 2. The molecule has 4 rings (SSSR count). The van der Waals surface area contributed by atoms with E-state index in [0.29, 0.717) is 6.04 Å². The minimum Gasteiger partial charge on any atom is -0.396 e. The lowest BCUT2D eigenvalue weighted by atomic mass is 10.0. The zero-order valence-corrected chi connectivity index (χ0v) is 17.4. The van der Waals surface area contributed by atoms with Crippen LogP contribution in [0.2, 0.25) is 0 Å². The minimum atomic E-state index is -0.239. The van der Waals surface area contributed by atoms with Gasteiger partial charge in [0.25, 0.3) is 0 Å². The van der Waals surface area contributed by atoms with E-state index in [1.807, 2.05) is 6.20 Å². The van der Waals surface area contributed by atoms with E-state index in [1.54, 1.807) is 12.1 Å². The van der Waals surface area contributed by atoms with Crippen LogP contribution in [0.25, 0.3) is 11.3 Å². The lowest BCUT2D eigenvalue weighted by Crippen LogP contribution is -2.52. The van der Waals surface area contributed by atoms with Crippen LogP contribution < -0.4 is 0 Å². The van der Waals surface area contributed by atoms with Gasteiger partial charge in [-0.1, -0.05) is 24.3 Å². The van der Waals surface area contributed by atoms with Gasteiger partial charge in [-0.3, -0.25) is 14.9 Å². The van der Waals surface area contributed by atoms with Crippen molar-refractivity contribution < 1.29 is 9.50 Å². The van der Waals surface area contributed by atoms with Gasteiger partial charge >= 0.3 is 0 Å². The maximum absolute atomic E-state index is 13.3. The molecule has 0 aliphatic carbocycles. The smallest absolute Gasteiger partial charge is 0.123 e. The number of aryl methyl sites for hydroxylation is 1. The van der Waals surface area contributed by atoms with Crippen LogP contribution in [-0.2, 0) is 13.1 Å². The highest BCUT2D eigenvalue weighted by Gasteiger charge is 2.27. The van der Waals surface area contributed by atoms with Crippen molar-refractivity contribution in [2.75, 3.05) is 26.2 Å². The first-order chi connectivity index (χ1) is 14.6. The van der Waals surface area contributed by atoms with Gasteiger partial charge in [0.15, 0.2) is 0 Å². The Bertz CT molecular complexity index is 956. The molecule has 2 aromatic carbocycles. The molecule has 1 aliphatic heterocycles. The highest BCUT2D eigenvalue weighted by molar-refractivity contribution is 5.62. The SMILES string of the molecule is Cc1ccccc1CN1CCN(Cc2cn[nH]c2-c2ccc(F)cc2)CC1CCO. The molecule has 0 amide bonds. The maximum Gasteiger partial charge on any atom is 0.123 e. The predicted octanol–water partition coefficient (Wildman–Crippen LogP) is 3.59. The predicted molar refractivity (Wildman–Crippen MR) is 116 cm³/mol. The van der Waals surface area contributed by atoms with Gasteiger partial charge < -0.3 is 5.11 Å². The second-order valence-corrected chi connectivity index (χ2v) is 8.08. The summed E-state index contributed by atoms with van der Waals surface area (Å²) >= 11 is 0. The van der Waals surface area contributed by atoms with E-state index >= 15 is 0 Å². The first kappa shape index (κ1) is 20.7. The summed E-state index contributed by atoms with van der Waals surface area (Å²) in [4.78, 5) is 4.91. The lowest BCUT2D eigenvalue weighted by Gasteiger charge is -2.41. The number of H-pyrrole nitrogens is 1. The molecule has 0 radical (unpaired) electrons. The number of aromatic amines is 1. The van der Waals surface area contributed by atoms with E-state index in [9.17, 15) is 9.50 Å². The second kappa shape index (κ2) is 9.51. The largest absolute Gasteiger partial charge is 0.396 e. The van der Waals surface area contributed by atoms with Crippen LogP contribution in [0.15, 0.2) is 54.7 Å². The van der Waals surface area contributed by atoms with Gasteiger partial charge in [-0.25, -0.2) is 4.39 Å². The summed E-state index contributed by atoms with van der Waals surface area (Å²) < 4.78 is 13.3. The molecule has 158 valence electrons. The lowest BCUT2D eigenvalue weighted by molar-refractivity contribution is 0.0499. The summed E-state index contributed by atoms with van der Waals surface area (Å²) in [7, 11) is 0. The van der Waals surface area contributed by atoms with Crippen LogP contribution in [-0.4, -0.2) is 57.4 Å². The van der Waals surface area contributed by atoms with Crippen LogP contribution in [0.4, 0.5) is 4.39 Å². The molecule has 1 atom stereocenters. The topological polar surface area (TPSA) is 55.4 Å². The molecular formula is C24H29FN4O. The highest BCUT2D eigenvalue weighted by atomic mass is 19.1. The molecule has 0 saturated carbocycles. The van der Waals surface area contributed by atoms with Crippen LogP contribution >= 0.6 is 0 Å². The Kier molecular flexibility index (Phi) is 6.57. The molecule has 0 bridgehead atoms. The fourth-order valence-corrected chi connectivity index (χ4v) is 4.28. The number of nitrogens with one attached hydrogen (secondary N) is 1. The van der Waals surface area contributed by atoms with Crippen molar-refractivity contribution >= 4 is 0 Å². The van der Waals surface area contributed by atoms with Crippen LogP contribution in [0.5, 0.6) is 0 Å². The van der Waals surface area contributed by atoms with Gasteiger partial charge in [-0.15, -0.1) is 0 Å². The van der Waals surface area contributed by atoms with E-state index in [1.165, 1.54) is 23.3 Å². The summed E-state index contributed by atoms with van der Waals surface area (Å²) in [6.07, 6.45) is 2.62. The number of nitrogens with zero attached hydrogens (tertiary/aromatic N) is 3. The number of aliphatic hydroxyl groups excluding tert-OH is 1. The number of aliphatic hydroxyl groups is 1. The molecule has 1 unspecified atom stereocenters. The highest BCUT2D eigenvalue weighted by Crippen LogP contribution is 2.25. The monoisotopic (exact) mass is 408 g/mol.